The molecule has 0 saturated carbocycles. The second-order valence-electron chi connectivity index (χ2n) is 6.55. The molecule has 0 atom stereocenters. The fourth-order valence-corrected chi connectivity index (χ4v) is 4.23. The standard InChI is InChI=1S/C22H22ClN3S/c23-18-9-11-19(12-10-18)27-25-15-4-16-26-21-6-2-1-5-17(21)8-13-20-22(26)7-3-14-24-20/h1-3,5-7,9-12,14,25H,4,8,13,15-16H2. The summed E-state index contributed by atoms with van der Waals surface area (Å²) in [6.07, 6.45) is 4.98. The van der Waals surface area contributed by atoms with Crippen LogP contribution in [0.15, 0.2) is 71.8 Å². The zero-order valence-corrected chi connectivity index (χ0v) is 16.6. The smallest absolute Gasteiger partial charge is 0.0643 e. The Kier molecular flexibility index (Phi) is 5.97. The van der Waals surface area contributed by atoms with Crippen LogP contribution < -0.4 is 9.62 Å². The number of nitrogens with zero attached hydrogens (tertiary/aromatic N) is 2. The van der Waals surface area contributed by atoms with E-state index in [-0.39, 0.29) is 0 Å². The molecule has 1 aliphatic rings. The first-order chi connectivity index (χ1) is 13.3. The normalized spacial score (nSPS) is 13.0. The number of hydrogen-bond acceptors (Lipinski definition) is 4. The minimum Gasteiger partial charge on any atom is -0.340 e. The number of fused-ring (bicyclic) bond motifs is 2. The van der Waals surface area contributed by atoms with Crippen molar-refractivity contribution >= 4 is 34.9 Å². The van der Waals surface area contributed by atoms with E-state index in [0.717, 1.165) is 37.4 Å². The highest BCUT2D eigenvalue weighted by Gasteiger charge is 2.20. The molecule has 1 N–H and O–H groups in total. The van der Waals surface area contributed by atoms with E-state index < -0.39 is 0 Å². The number of halogens is 1. The first-order valence-corrected chi connectivity index (χ1v) is 10.5. The van der Waals surface area contributed by atoms with Gasteiger partial charge in [0.05, 0.1) is 11.4 Å². The summed E-state index contributed by atoms with van der Waals surface area (Å²) in [6, 6.07) is 20.9. The highest BCUT2D eigenvalue weighted by molar-refractivity contribution is 7.97. The van der Waals surface area contributed by atoms with Crippen LogP contribution in [0, 0.1) is 0 Å². The number of aryl methyl sites for hydroxylation is 2. The van der Waals surface area contributed by atoms with Gasteiger partial charge in [0, 0.05) is 34.9 Å². The summed E-state index contributed by atoms with van der Waals surface area (Å²) in [5.41, 5.74) is 5.15. The van der Waals surface area contributed by atoms with Crippen LogP contribution in [-0.4, -0.2) is 18.1 Å². The van der Waals surface area contributed by atoms with Crippen LogP contribution in [0.4, 0.5) is 11.4 Å². The van der Waals surface area contributed by atoms with Gasteiger partial charge in [0.25, 0.3) is 0 Å². The highest BCUT2D eigenvalue weighted by atomic mass is 35.5. The maximum atomic E-state index is 5.94. The molecule has 0 saturated heterocycles. The van der Waals surface area contributed by atoms with Crippen molar-refractivity contribution in [2.24, 2.45) is 0 Å². The van der Waals surface area contributed by atoms with Gasteiger partial charge in [0.15, 0.2) is 0 Å². The molecule has 0 fully saturated rings. The monoisotopic (exact) mass is 395 g/mol. The average Bonchev–Trinajstić information content (AvgIpc) is 2.86. The lowest BCUT2D eigenvalue weighted by molar-refractivity contribution is 0.786. The highest BCUT2D eigenvalue weighted by Crippen LogP contribution is 2.34. The molecule has 138 valence electrons. The Morgan fingerprint density at radius 2 is 1.78 bits per heavy atom. The van der Waals surface area contributed by atoms with Crippen molar-refractivity contribution < 1.29 is 0 Å². The van der Waals surface area contributed by atoms with Crippen molar-refractivity contribution in [1.82, 2.24) is 9.71 Å². The lowest BCUT2D eigenvalue weighted by Gasteiger charge is -2.26. The summed E-state index contributed by atoms with van der Waals surface area (Å²) in [6.45, 7) is 1.89. The van der Waals surface area contributed by atoms with Gasteiger partial charge in [-0.2, -0.15) is 0 Å². The van der Waals surface area contributed by atoms with E-state index in [1.54, 1.807) is 11.9 Å². The summed E-state index contributed by atoms with van der Waals surface area (Å²) in [7, 11) is 0. The van der Waals surface area contributed by atoms with E-state index in [1.165, 1.54) is 27.5 Å². The summed E-state index contributed by atoms with van der Waals surface area (Å²) in [5.74, 6) is 0. The minimum absolute atomic E-state index is 0.770. The molecule has 0 bridgehead atoms. The van der Waals surface area contributed by atoms with Crippen molar-refractivity contribution in [3.63, 3.8) is 0 Å². The van der Waals surface area contributed by atoms with E-state index in [0.29, 0.717) is 0 Å². The maximum absolute atomic E-state index is 5.94. The fourth-order valence-electron chi connectivity index (χ4n) is 3.42. The third-order valence-electron chi connectivity index (χ3n) is 4.73. The second-order valence-corrected chi connectivity index (χ2v) is 7.95. The van der Waals surface area contributed by atoms with E-state index in [4.69, 9.17) is 11.6 Å². The molecular weight excluding hydrogens is 374 g/mol. The van der Waals surface area contributed by atoms with Crippen molar-refractivity contribution in [2.45, 2.75) is 24.2 Å². The van der Waals surface area contributed by atoms with E-state index in [1.807, 2.05) is 36.5 Å². The molecule has 0 radical (unpaired) electrons. The molecule has 0 aliphatic carbocycles. The van der Waals surface area contributed by atoms with Crippen LogP contribution in [0.5, 0.6) is 0 Å². The molecule has 2 aromatic carbocycles. The van der Waals surface area contributed by atoms with Crippen LogP contribution in [-0.2, 0) is 12.8 Å². The molecule has 27 heavy (non-hydrogen) atoms. The van der Waals surface area contributed by atoms with Gasteiger partial charge < -0.3 is 4.90 Å². The maximum Gasteiger partial charge on any atom is 0.0643 e. The molecule has 0 unspecified atom stereocenters. The van der Waals surface area contributed by atoms with Crippen LogP contribution >= 0.6 is 23.5 Å². The van der Waals surface area contributed by atoms with Crippen molar-refractivity contribution in [3.8, 4) is 0 Å². The number of benzene rings is 2. The van der Waals surface area contributed by atoms with Gasteiger partial charge in [-0.25, -0.2) is 0 Å². The van der Waals surface area contributed by atoms with Crippen LogP contribution in [0.3, 0.4) is 0 Å². The first-order valence-electron chi connectivity index (χ1n) is 9.26. The number of para-hydroxylation sites is 1. The topological polar surface area (TPSA) is 28.2 Å². The predicted molar refractivity (Wildman–Crippen MR) is 115 cm³/mol. The van der Waals surface area contributed by atoms with Crippen LogP contribution in [0.1, 0.15) is 17.7 Å². The molecular formula is C22H22ClN3S. The van der Waals surface area contributed by atoms with Crippen LogP contribution in [0.25, 0.3) is 0 Å². The summed E-state index contributed by atoms with van der Waals surface area (Å²) >= 11 is 7.59. The lowest BCUT2D eigenvalue weighted by atomic mass is 10.1. The number of nitrogens with one attached hydrogen (secondary N) is 1. The molecule has 4 rings (SSSR count). The molecule has 5 heteroatoms. The van der Waals surface area contributed by atoms with Gasteiger partial charge in [-0.1, -0.05) is 29.8 Å². The van der Waals surface area contributed by atoms with Crippen molar-refractivity contribution in [3.05, 3.63) is 83.1 Å². The first kappa shape index (κ1) is 18.4. The number of aromatic nitrogens is 1. The van der Waals surface area contributed by atoms with Crippen LogP contribution in [0.2, 0.25) is 5.02 Å². The van der Waals surface area contributed by atoms with Gasteiger partial charge in [-0.15, -0.1) is 0 Å². The van der Waals surface area contributed by atoms with Gasteiger partial charge in [0.2, 0.25) is 0 Å². The van der Waals surface area contributed by atoms with Gasteiger partial charge >= 0.3 is 0 Å². The Morgan fingerprint density at radius 1 is 0.963 bits per heavy atom. The largest absolute Gasteiger partial charge is 0.340 e. The fraction of sp³-hybridized carbons (Fsp3) is 0.227. The Morgan fingerprint density at radius 3 is 2.67 bits per heavy atom. The number of hydrogen-bond donors (Lipinski definition) is 1. The van der Waals surface area contributed by atoms with E-state index in [9.17, 15) is 0 Å². The number of pyridine rings is 1. The number of rotatable bonds is 6. The van der Waals surface area contributed by atoms with Gasteiger partial charge in [-0.3, -0.25) is 9.71 Å². The Balaban J connectivity index is 1.41. The molecule has 2 heterocycles. The second kappa shape index (κ2) is 8.79. The SMILES string of the molecule is Clc1ccc(SNCCCN2c3ccccc3CCc3ncccc32)cc1. The van der Waals surface area contributed by atoms with Crippen molar-refractivity contribution in [1.29, 1.82) is 0 Å². The Hall–Kier alpha value is -2.01. The minimum atomic E-state index is 0.770. The van der Waals surface area contributed by atoms with Gasteiger partial charge in [-0.05, 0) is 79.2 Å². The summed E-state index contributed by atoms with van der Waals surface area (Å²) in [5, 5.41) is 0.770. The molecule has 0 spiro atoms. The zero-order chi connectivity index (χ0) is 18.5. The van der Waals surface area contributed by atoms with E-state index in [2.05, 4.69) is 44.9 Å². The average molecular weight is 396 g/mol. The predicted octanol–water partition coefficient (Wildman–Crippen LogP) is 5.66. The Labute approximate surface area is 169 Å². The molecule has 0 amide bonds. The molecule has 1 aromatic heterocycles. The summed E-state index contributed by atoms with van der Waals surface area (Å²) in [4.78, 5) is 8.24. The summed E-state index contributed by atoms with van der Waals surface area (Å²) < 4.78 is 3.46. The molecule has 1 aliphatic heterocycles. The van der Waals surface area contributed by atoms with Crippen molar-refractivity contribution in [2.75, 3.05) is 18.0 Å². The number of anilines is 2. The van der Waals surface area contributed by atoms with Gasteiger partial charge in [0.1, 0.15) is 0 Å². The molecule has 3 nitrogen and oxygen atoms in total. The lowest BCUT2D eigenvalue weighted by Crippen LogP contribution is -2.22. The van der Waals surface area contributed by atoms with E-state index >= 15 is 0 Å². The third-order valence-corrected chi connectivity index (χ3v) is 5.84. The third kappa shape index (κ3) is 4.46. The molecule has 3 aromatic rings. The zero-order valence-electron chi connectivity index (χ0n) is 15.1. The Bertz CT molecular complexity index is 851. The quantitative estimate of drug-likeness (QED) is 0.430.